The number of aliphatic hydroxyl groups excluding tert-OH is 2. The van der Waals surface area contributed by atoms with Crippen LogP contribution in [0.1, 0.15) is 167 Å². The standard InChI is InChI=1S/C46H74ClNO5/c1-4-6-7-8-9-10-11-12-13-14-15-16-19-24-37-29-31-38(32-30-37)48(3)44(51)36-53-45(52)28-21-18-17-20-25-39-40(42(49)35-41(39)47)26-22-27-43(50)46(5-2)33-23-34-46/h17,20,22,26,29-32,39-43,49-50H,4-16,18-19,21,23-25,27-28,33-36H2,1-3H3/b20-17-,26-22+/t39-,40-,41-,42-,43+/m1/s1. The van der Waals surface area contributed by atoms with Gasteiger partial charge >= 0.3 is 5.97 Å². The normalized spacial score (nSPS) is 21.6. The van der Waals surface area contributed by atoms with Crippen LogP contribution in [0.15, 0.2) is 48.6 Å². The number of carbonyl (C=O) groups excluding carboxylic acids is 2. The molecule has 0 radical (unpaired) electrons. The Kier molecular flexibility index (Phi) is 22.1. The van der Waals surface area contributed by atoms with Crippen LogP contribution in [-0.2, 0) is 20.7 Å². The average Bonchev–Trinajstić information content (AvgIpc) is 3.41. The molecule has 1 aromatic rings. The van der Waals surface area contributed by atoms with Gasteiger partial charge in [0.05, 0.1) is 12.2 Å². The summed E-state index contributed by atoms with van der Waals surface area (Å²) in [6, 6.07) is 8.15. The van der Waals surface area contributed by atoms with E-state index in [2.05, 4.69) is 44.2 Å². The van der Waals surface area contributed by atoms with Gasteiger partial charge in [-0.2, -0.15) is 0 Å². The van der Waals surface area contributed by atoms with E-state index in [1.54, 1.807) is 11.9 Å². The molecule has 0 aromatic heterocycles. The molecule has 0 saturated heterocycles. The van der Waals surface area contributed by atoms with E-state index in [4.69, 9.17) is 16.3 Å². The molecule has 53 heavy (non-hydrogen) atoms. The lowest BCUT2D eigenvalue weighted by atomic mass is 9.63. The van der Waals surface area contributed by atoms with Crippen LogP contribution < -0.4 is 4.90 Å². The topological polar surface area (TPSA) is 87.1 Å². The maximum Gasteiger partial charge on any atom is 0.306 e. The average molecular weight is 757 g/mol. The smallest absolute Gasteiger partial charge is 0.306 e. The first-order valence-electron chi connectivity index (χ1n) is 21.5. The highest BCUT2D eigenvalue weighted by Crippen LogP contribution is 2.48. The van der Waals surface area contributed by atoms with Crippen molar-refractivity contribution in [2.24, 2.45) is 17.3 Å². The van der Waals surface area contributed by atoms with E-state index in [0.29, 0.717) is 19.3 Å². The van der Waals surface area contributed by atoms with Crippen molar-refractivity contribution in [2.75, 3.05) is 18.6 Å². The summed E-state index contributed by atoms with van der Waals surface area (Å²) in [7, 11) is 1.72. The summed E-state index contributed by atoms with van der Waals surface area (Å²) in [5, 5.41) is 21.3. The number of alkyl halides is 1. The van der Waals surface area contributed by atoms with Gasteiger partial charge in [0.2, 0.25) is 0 Å². The number of unbranched alkanes of at least 4 members (excludes halogenated alkanes) is 13. The molecule has 2 saturated carbocycles. The number of rotatable bonds is 28. The van der Waals surface area contributed by atoms with Crippen LogP contribution in [0, 0.1) is 17.3 Å². The largest absolute Gasteiger partial charge is 0.456 e. The Bertz CT molecular complexity index is 1210. The Morgan fingerprint density at radius 3 is 2.11 bits per heavy atom. The van der Waals surface area contributed by atoms with Gasteiger partial charge in [-0.25, -0.2) is 0 Å². The van der Waals surface area contributed by atoms with E-state index in [1.165, 1.54) is 95.5 Å². The van der Waals surface area contributed by atoms with Crippen LogP contribution in [0.5, 0.6) is 0 Å². The molecule has 6 nitrogen and oxygen atoms in total. The fourth-order valence-electron chi connectivity index (χ4n) is 8.26. The Hall–Kier alpha value is -2.15. The fraction of sp³-hybridized carbons (Fsp3) is 0.739. The maximum absolute atomic E-state index is 12.7. The number of carbonyl (C=O) groups is 2. The number of nitrogens with zero attached hydrogens (tertiary/aromatic N) is 1. The number of halogens is 1. The van der Waals surface area contributed by atoms with Crippen molar-refractivity contribution in [2.45, 2.75) is 186 Å². The van der Waals surface area contributed by atoms with Crippen LogP contribution >= 0.6 is 11.6 Å². The molecule has 300 valence electrons. The first-order chi connectivity index (χ1) is 25.7. The van der Waals surface area contributed by atoms with Crippen molar-refractivity contribution < 1.29 is 24.5 Å². The minimum absolute atomic E-state index is 0.0224. The Balaban J connectivity index is 1.23. The molecule has 5 atom stereocenters. The number of aryl methyl sites for hydroxylation is 1. The van der Waals surface area contributed by atoms with Gasteiger partial charge in [-0.1, -0.05) is 134 Å². The van der Waals surface area contributed by atoms with Crippen molar-refractivity contribution in [3.63, 3.8) is 0 Å². The highest BCUT2D eigenvalue weighted by atomic mass is 35.5. The SMILES string of the molecule is CCCCCCCCCCCCCCCc1ccc(N(C)C(=O)COC(=O)CCC/C=C\C[C@@H]2[C@@H](/C=C/C[C@H](O)C3(CC)CCC3)[C@H](O)C[C@H]2Cl)cc1. The quantitative estimate of drug-likeness (QED) is 0.0385. The number of hydrogen-bond acceptors (Lipinski definition) is 5. The zero-order valence-electron chi connectivity index (χ0n) is 33.6. The first kappa shape index (κ1) is 45.2. The molecule has 1 amide bonds. The lowest BCUT2D eigenvalue weighted by Gasteiger charge is -2.45. The van der Waals surface area contributed by atoms with Crippen LogP contribution in [0.4, 0.5) is 5.69 Å². The summed E-state index contributed by atoms with van der Waals surface area (Å²) in [5.74, 6) is -0.505. The van der Waals surface area contributed by atoms with Gasteiger partial charge in [-0.15, -0.1) is 11.6 Å². The minimum atomic E-state index is -0.470. The second kappa shape index (κ2) is 25.8. The second-order valence-electron chi connectivity index (χ2n) is 16.2. The van der Waals surface area contributed by atoms with Crippen LogP contribution in [0.3, 0.4) is 0 Å². The van der Waals surface area contributed by atoms with Crippen molar-refractivity contribution in [3.05, 3.63) is 54.1 Å². The summed E-state index contributed by atoms with van der Waals surface area (Å²) in [4.78, 5) is 26.6. The Morgan fingerprint density at radius 1 is 0.906 bits per heavy atom. The van der Waals surface area contributed by atoms with Crippen molar-refractivity contribution in [1.82, 2.24) is 0 Å². The van der Waals surface area contributed by atoms with E-state index in [0.717, 1.165) is 44.2 Å². The van der Waals surface area contributed by atoms with Crippen molar-refractivity contribution in [3.8, 4) is 0 Å². The lowest BCUT2D eigenvalue weighted by molar-refractivity contribution is -0.147. The van der Waals surface area contributed by atoms with Gasteiger partial charge in [0.15, 0.2) is 6.61 Å². The lowest BCUT2D eigenvalue weighted by Crippen LogP contribution is -2.40. The molecule has 7 heteroatoms. The Labute approximate surface area is 328 Å². The number of allylic oxidation sites excluding steroid dienone is 2. The molecule has 2 aliphatic rings. The van der Waals surface area contributed by atoms with E-state index in [1.807, 2.05) is 18.2 Å². The minimum Gasteiger partial charge on any atom is -0.456 e. The molecule has 1 aromatic carbocycles. The zero-order chi connectivity index (χ0) is 38.3. The van der Waals surface area contributed by atoms with Crippen molar-refractivity contribution in [1.29, 1.82) is 0 Å². The van der Waals surface area contributed by atoms with E-state index < -0.39 is 6.10 Å². The molecule has 0 aliphatic heterocycles. The predicted octanol–water partition coefficient (Wildman–Crippen LogP) is 11.4. The van der Waals surface area contributed by atoms with Gasteiger partial charge < -0.3 is 19.8 Å². The monoisotopic (exact) mass is 756 g/mol. The third-order valence-electron chi connectivity index (χ3n) is 12.3. The van der Waals surface area contributed by atoms with Gasteiger partial charge in [0.1, 0.15) is 0 Å². The summed E-state index contributed by atoms with van der Waals surface area (Å²) < 4.78 is 5.30. The Morgan fingerprint density at radius 2 is 1.53 bits per heavy atom. The summed E-state index contributed by atoms with van der Waals surface area (Å²) in [5.41, 5.74) is 2.16. The van der Waals surface area contributed by atoms with Crippen LogP contribution in [0.25, 0.3) is 0 Å². The summed E-state index contributed by atoms with van der Waals surface area (Å²) >= 11 is 6.63. The summed E-state index contributed by atoms with van der Waals surface area (Å²) in [6.45, 7) is 4.17. The third-order valence-corrected chi connectivity index (χ3v) is 12.8. The maximum atomic E-state index is 12.7. The number of amides is 1. The van der Waals surface area contributed by atoms with Gasteiger partial charge in [0.25, 0.3) is 5.91 Å². The molecule has 2 aliphatic carbocycles. The first-order valence-corrected chi connectivity index (χ1v) is 22.0. The molecule has 2 N–H and O–H groups in total. The summed E-state index contributed by atoms with van der Waals surface area (Å²) in [6.07, 6.45) is 34.1. The molecule has 0 unspecified atom stereocenters. The van der Waals surface area contributed by atoms with E-state index >= 15 is 0 Å². The van der Waals surface area contributed by atoms with E-state index in [9.17, 15) is 19.8 Å². The number of likely N-dealkylation sites (N-methyl/N-ethyl adjacent to an activating group) is 1. The predicted molar refractivity (Wildman–Crippen MR) is 221 cm³/mol. The second-order valence-corrected chi connectivity index (χ2v) is 16.7. The molecule has 0 bridgehead atoms. The van der Waals surface area contributed by atoms with Crippen LogP contribution in [0.2, 0.25) is 0 Å². The number of aliphatic hydroxyl groups is 2. The third kappa shape index (κ3) is 16.2. The number of esters is 1. The number of hydrogen-bond donors (Lipinski definition) is 2. The molecular formula is C46H74ClNO5. The molecule has 2 fully saturated rings. The molecule has 3 rings (SSSR count). The number of anilines is 1. The fourth-order valence-corrected chi connectivity index (χ4v) is 8.71. The van der Waals surface area contributed by atoms with Crippen molar-refractivity contribution >= 4 is 29.2 Å². The highest BCUT2D eigenvalue weighted by molar-refractivity contribution is 6.21. The number of ether oxygens (including phenoxy) is 1. The zero-order valence-corrected chi connectivity index (χ0v) is 34.4. The van der Waals surface area contributed by atoms with Gasteiger partial charge in [-0.05, 0) is 93.2 Å². The molecule has 0 spiro atoms. The van der Waals surface area contributed by atoms with E-state index in [-0.39, 0.29) is 53.6 Å². The van der Waals surface area contributed by atoms with Gasteiger partial charge in [-0.3, -0.25) is 9.59 Å². The van der Waals surface area contributed by atoms with Gasteiger partial charge in [0, 0.05) is 30.5 Å². The molecule has 0 heterocycles. The number of benzene rings is 1. The highest BCUT2D eigenvalue weighted by Gasteiger charge is 2.42. The van der Waals surface area contributed by atoms with Crippen LogP contribution in [-0.4, -0.2) is 53.3 Å². The molecular weight excluding hydrogens is 682 g/mol.